The predicted octanol–water partition coefficient (Wildman–Crippen LogP) is 1.47. The minimum Gasteiger partial charge on any atom is -0.366 e. The molecule has 0 amide bonds. The van der Waals surface area contributed by atoms with Gasteiger partial charge in [-0.15, -0.1) is 0 Å². The molecule has 0 radical (unpaired) electrons. The summed E-state index contributed by atoms with van der Waals surface area (Å²) in [5, 5.41) is 0. The molecule has 1 fully saturated rings. The van der Waals surface area contributed by atoms with Gasteiger partial charge in [0.2, 0.25) is 0 Å². The maximum Gasteiger partial charge on any atom is 0.154 e. The van der Waals surface area contributed by atoms with Crippen molar-refractivity contribution in [1.82, 2.24) is 0 Å². The molecule has 6 heteroatoms. The van der Waals surface area contributed by atoms with Gasteiger partial charge in [-0.3, -0.25) is 0 Å². The second kappa shape index (κ2) is 5.09. The topological polar surface area (TPSA) is 63.4 Å². The summed E-state index contributed by atoms with van der Waals surface area (Å²) in [6.45, 7) is 3.95. The quantitative estimate of drug-likeness (QED) is 0.894. The third-order valence-corrected chi connectivity index (χ3v) is 5.26. The summed E-state index contributed by atoms with van der Waals surface area (Å²) < 4.78 is 37.1. The number of nitrogens with zero attached hydrogens (tertiary/aromatic N) is 1. The second-order valence-electron chi connectivity index (χ2n) is 5.12. The van der Waals surface area contributed by atoms with Crippen LogP contribution in [0.5, 0.6) is 0 Å². The molecular weight excluding hydrogens is 267 g/mol. The van der Waals surface area contributed by atoms with E-state index in [1.165, 1.54) is 6.07 Å². The van der Waals surface area contributed by atoms with Crippen molar-refractivity contribution in [2.45, 2.75) is 25.9 Å². The van der Waals surface area contributed by atoms with E-state index in [1.807, 2.05) is 11.8 Å². The molecule has 1 aliphatic rings. The SMILES string of the molecule is CC1CS(=O)(=O)CCN1c1cccc(F)c1[C@@H](C)N. The van der Waals surface area contributed by atoms with Crippen LogP contribution in [0.3, 0.4) is 0 Å². The Morgan fingerprint density at radius 2 is 2.16 bits per heavy atom. The summed E-state index contributed by atoms with van der Waals surface area (Å²) in [6, 6.07) is 4.22. The highest BCUT2D eigenvalue weighted by Crippen LogP contribution is 2.30. The van der Waals surface area contributed by atoms with Gasteiger partial charge in [0.15, 0.2) is 9.84 Å². The van der Waals surface area contributed by atoms with E-state index in [2.05, 4.69) is 0 Å². The van der Waals surface area contributed by atoms with E-state index in [4.69, 9.17) is 5.73 Å². The number of hydrogen-bond donors (Lipinski definition) is 1. The van der Waals surface area contributed by atoms with E-state index in [0.29, 0.717) is 17.8 Å². The minimum absolute atomic E-state index is 0.0991. The molecule has 106 valence electrons. The predicted molar refractivity (Wildman–Crippen MR) is 74.5 cm³/mol. The molecule has 0 aromatic heterocycles. The van der Waals surface area contributed by atoms with Crippen molar-refractivity contribution in [2.24, 2.45) is 5.73 Å². The Bertz CT molecular complexity index is 572. The van der Waals surface area contributed by atoms with E-state index in [-0.39, 0.29) is 23.4 Å². The van der Waals surface area contributed by atoms with Crippen LogP contribution in [-0.4, -0.2) is 32.5 Å². The fourth-order valence-corrected chi connectivity index (χ4v) is 4.14. The lowest BCUT2D eigenvalue weighted by atomic mass is 10.0. The summed E-state index contributed by atoms with van der Waals surface area (Å²) in [6.07, 6.45) is 0. The molecule has 0 aliphatic carbocycles. The van der Waals surface area contributed by atoms with E-state index in [9.17, 15) is 12.8 Å². The monoisotopic (exact) mass is 286 g/mol. The number of hydrogen-bond acceptors (Lipinski definition) is 4. The van der Waals surface area contributed by atoms with Crippen molar-refractivity contribution in [3.8, 4) is 0 Å². The molecule has 0 bridgehead atoms. The van der Waals surface area contributed by atoms with E-state index in [1.54, 1.807) is 19.1 Å². The third-order valence-electron chi connectivity index (χ3n) is 3.47. The van der Waals surface area contributed by atoms with Crippen LogP contribution in [0, 0.1) is 5.82 Å². The number of nitrogens with two attached hydrogens (primary N) is 1. The maximum atomic E-state index is 13.9. The smallest absolute Gasteiger partial charge is 0.154 e. The highest BCUT2D eigenvalue weighted by Gasteiger charge is 2.30. The molecule has 1 aromatic carbocycles. The van der Waals surface area contributed by atoms with Gasteiger partial charge in [-0.1, -0.05) is 6.07 Å². The number of benzene rings is 1. The zero-order valence-corrected chi connectivity index (χ0v) is 12.0. The molecule has 4 nitrogen and oxygen atoms in total. The molecule has 1 heterocycles. The van der Waals surface area contributed by atoms with Crippen molar-refractivity contribution in [3.05, 3.63) is 29.6 Å². The van der Waals surface area contributed by atoms with Crippen LogP contribution >= 0.6 is 0 Å². The van der Waals surface area contributed by atoms with Gasteiger partial charge in [-0.25, -0.2) is 12.8 Å². The normalized spacial score (nSPS) is 24.2. The molecule has 2 rings (SSSR count). The van der Waals surface area contributed by atoms with Gasteiger partial charge >= 0.3 is 0 Å². The summed E-state index contributed by atoms with van der Waals surface area (Å²) in [4.78, 5) is 1.93. The number of halogens is 1. The van der Waals surface area contributed by atoms with E-state index in [0.717, 1.165) is 0 Å². The fourth-order valence-electron chi connectivity index (χ4n) is 2.58. The molecule has 0 spiro atoms. The first-order valence-corrected chi connectivity index (χ1v) is 8.15. The summed E-state index contributed by atoms with van der Waals surface area (Å²) in [5.41, 5.74) is 6.99. The van der Waals surface area contributed by atoms with Crippen molar-refractivity contribution in [1.29, 1.82) is 0 Å². The largest absolute Gasteiger partial charge is 0.366 e. The van der Waals surface area contributed by atoms with Crippen molar-refractivity contribution in [2.75, 3.05) is 23.0 Å². The van der Waals surface area contributed by atoms with Crippen LogP contribution in [0.1, 0.15) is 25.5 Å². The average molecular weight is 286 g/mol. The average Bonchev–Trinajstić information content (AvgIpc) is 2.26. The van der Waals surface area contributed by atoms with Crippen LogP contribution in [0.4, 0.5) is 10.1 Å². The molecular formula is C13H19FN2O2S. The van der Waals surface area contributed by atoms with Gasteiger partial charge in [-0.2, -0.15) is 0 Å². The zero-order chi connectivity index (χ0) is 14.2. The Hall–Kier alpha value is -1.14. The number of sulfone groups is 1. The van der Waals surface area contributed by atoms with Crippen molar-refractivity contribution >= 4 is 15.5 Å². The minimum atomic E-state index is -2.98. The summed E-state index contributed by atoms with van der Waals surface area (Å²) in [5.74, 6) is -0.137. The van der Waals surface area contributed by atoms with E-state index < -0.39 is 15.9 Å². The second-order valence-corrected chi connectivity index (χ2v) is 7.35. The standard InChI is InChI=1S/C13H19FN2O2S/c1-9-8-19(17,18)7-6-16(9)12-5-3-4-11(14)13(12)10(2)15/h3-5,9-10H,6-8,15H2,1-2H3/t9?,10-/m1/s1. The molecule has 1 unspecified atom stereocenters. The Morgan fingerprint density at radius 3 is 2.74 bits per heavy atom. The molecule has 1 aromatic rings. The molecule has 1 saturated heterocycles. The van der Waals surface area contributed by atoms with Crippen LogP contribution < -0.4 is 10.6 Å². The maximum absolute atomic E-state index is 13.9. The molecule has 2 atom stereocenters. The Morgan fingerprint density at radius 1 is 1.47 bits per heavy atom. The van der Waals surface area contributed by atoms with Crippen molar-refractivity contribution in [3.63, 3.8) is 0 Å². The first kappa shape index (κ1) is 14.3. The first-order valence-electron chi connectivity index (χ1n) is 6.33. The zero-order valence-electron chi connectivity index (χ0n) is 11.1. The van der Waals surface area contributed by atoms with Crippen LogP contribution in [-0.2, 0) is 9.84 Å². The number of rotatable bonds is 2. The third kappa shape index (κ3) is 2.90. The van der Waals surface area contributed by atoms with Crippen LogP contribution in [0.25, 0.3) is 0 Å². The fraction of sp³-hybridized carbons (Fsp3) is 0.538. The Kier molecular flexibility index (Phi) is 3.82. The van der Waals surface area contributed by atoms with Crippen LogP contribution in [0.2, 0.25) is 0 Å². The van der Waals surface area contributed by atoms with Gasteiger partial charge in [0.1, 0.15) is 5.82 Å². The molecule has 0 saturated carbocycles. The highest BCUT2D eigenvalue weighted by atomic mass is 32.2. The van der Waals surface area contributed by atoms with Gasteiger partial charge in [0.25, 0.3) is 0 Å². The van der Waals surface area contributed by atoms with Crippen molar-refractivity contribution < 1.29 is 12.8 Å². The molecule has 19 heavy (non-hydrogen) atoms. The lowest BCUT2D eigenvalue weighted by Gasteiger charge is -2.37. The van der Waals surface area contributed by atoms with Gasteiger partial charge < -0.3 is 10.6 Å². The molecule has 1 aliphatic heterocycles. The molecule has 2 N–H and O–H groups in total. The summed E-state index contributed by atoms with van der Waals surface area (Å²) in [7, 11) is -2.98. The van der Waals surface area contributed by atoms with Gasteiger partial charge in [0, 0.05) is 29.9 Å². The lowest BCUT2D eigenvalue weighted by molar-refractivity contribution is 0.562. The van der Waals surface area contributed by atoms with Gasteiger partial charge in [0.05, 0.1) is 11.5 Å². The summed E-state index contributed by atoms with van der Waals surface area (Å²) >= 11 is 0. The lowest BCUT2D eigenvalue weighted by Crippen LogP contribution is -2.47. The first-order chi connectivity index (χ1) is 8.82. The Labute approximate surface area is 113 Å². The van der Waals surface area contributed by atoms with E-state index >= 15 is 0 Å². The number of anilines is 1. The van der Waals surface area contributed by atoms with Crippen LogP contribution in [0.15, 0.2) is 18.2 Å². The Balaban J connectivity index is 2.40. The van der Waals surface area contributed by atoms with Gasteiger partial charge in [-0.05, 0) is 26.0 Å². The highest BCUT2D eigenvalue weighted by molar-refractivity contribution is 7.91.